The Labute approximate surface area is 247 Å². The largest absolute Gasteiger partial charge is 0.310 e. The number of hydrogen-bond donors (Lipinski definition) is 0. The van der Waals surface area contributed by atoms with Crippen molar-refractivity contribution in [3.05, 3.63) is 163 Å². The summed E-state index contributed by atoms with van der Waals surface area (Å²) in [5.74, 6) is 0. The Balaban J connectivity index is 1.29. The summed E-state index contributed by atoms with van der Waals surface area (Å²) in [6.07, 6.45) is 0. The molecule has 0 amide bonds. The van der Waals surface area contributed by atoms with Crippen LogP contribution in [-0.2, 0) is 5.41 Å². The lowest BCUT2D eigenvalue weighted by atomic mass is 9.82. The standard InChI is InChI=1S/C41H31N/c1-41(2)37-18-8-7-16-36(37)40-35(17-10-19-38(40)41)30-22-24-32(25-23-30)42(33-26-21-28-11-3-4-13-31(28)27-33)39-20-9-14-29-12-5-6-15-34(29)39/h3-27H,1-2H3. The van der Waals surface area contributed by atoms with Crippen molar-refractivity contribution < 1.29 is 0 Å². The van der Waals surface area contributed by atoms with E-state index in [-0.39, 0.29) is 5.41 Å². The average Bonchev–Trinajstić information content (AvgIpc) is 3.28. The van der Waals surface area contributed by atoms with Gasteiger partial charge in [-0.05, 0) is 79.9 Å². The molecule has 7 aromatic carbocycles. The summed E-state index contributed by atoms with van der Waals surface area (Å²) in [6, 6.07) is 55.4. The summed E-state index contributed by atoms with van der Waals surface area (Å²) in [5, 5.41) is 4.95. The van der Waals surface area contributed by atoms with Crippen LogP contribution in [0.2, 0.25) is 0 Å². The first-order chi connectivity index (χ1) is 20.6. The molecule has 0 N–H and O–H groups in total. The van der Waals surface area contributed by atoms with Gasteiger partial charge < -0.3 is 4.90 Å². The van der Waals surface area contributed by atoms with Crippen molar-refractivity contribution in [3.8, 4) is 22.3 Å². The van der Waals surface area contributed by atoms with Gasteiger partial charge in [-0.2, -0.15) is 0 Å². The Hall–Kier alpha value is -5.14. The van der Waals surface area contributed by atoms with E-state index < -0.39 is 0 Å². The van der Waals surface area contributed by atoms with Gasteiger partial charge in [-0.3, -0.25) is 0 Å². The van der Waals surface area contributed by atoms with E-state index in [9.17, 15) is 0 Å². The zero-order valence-electron chi connectivity index (χ0n) is 23.9. The van der Waals surface area contributed by atoms with E-state index in [1.807, 2.05) is 0 Å². The molecule has 1 nitrogen and oxygen atoms in total. The molecule has 1 aliphatic carbocycles. The molecule has 200 valence electrons. The highest BCUT2D eigenvalue weighted by Gasteiger charge is 2.36. The third kappa shape index (κ3) is 3.78. The predicted molar refractivity (Wildman–Crippen MR) is 179 cm³/mol. The first-order valence-corrected chi connectivity index (χ1v) is 14.7. The first-order valence-electron chi connectivity index (χ1n) is 14.7. The van der Waals surface area contributed by atoms with Gasteiger partial charge in [0.1, 0.15) is 0 Å². The van der Waals surface area contributed by atoms with Crippen molar-refractivity contribution >= 4 is 38.6 Å². The van der Waals surface area contributed by atoms with Crippen molar-refractivity contribution in [1.82, 2.24) is 0 Å². The van der Waals surface area contributed by atoms with E-state index in [0.29, 0.717) is 0 Å². The molecule has 0 radical (unpaired) electrons. The molecule has 0 bridgehead atoms. The number of rotatable bonds is 4. The van der Waals surface area contributed by atoms with E-state index in [2.05, 4.69) is 170 Å². The molecule has 7 aromatic rings. The van der Waals surface area contributed by atoms with Crippen LogP contribution < -0.4 is 4.90 Å². The number of benzene rings is 7. The molecule has 0 fully saturated rings. The lowest BCUT2D eigenvalue weighted by Gasteiger charge is -2.27. The van der Waals surface area contributed by atoms with Crippen LogP contribution in [0.4, 0.5) is 17.1 Å². The third-order valence-electron chi connectivity index (χ3n) is 9.04. The van der Waals surface area contributed by atoms with Crippen molar-refractivity contribution in [2.24, 2.45) is 0 Å². The number of hydrogen-bond acceptors (Lipinski definition) is 1. The van der Waals surface area contributed by atoms with Crippen LogP contribution in [0.1, 0.15) is 25.0 Å². The molecule has 0 aliphatic heterocycles. The summed E-state index contributed by atoms with van der Waals surface area (Å²) in [6.45, 7) is 4.69. The molecule has 0 atom stereocenters. The molecule has 42 heavy (non-hydrogen) atoms. The number of nitrogens with zero attached hydrogens (tertiary/aromatic N) is 1. The van der Waals surface area contributed by atoms with E-state index in [1.54, 1.807) is 0 Å². The van der Waals surface area contributed by atoms with Crippen molar-refractivity contribution in [3.63, 3.8) is 0 Å². The van der Waals surface area contributed by atoms with Crippen LogP contribution in [0.25, 0.3) is 43.8 Å². The van der Waals surface area contributed by atoms with Gasteiger partial charge in [0.2, 0.25) is 0 Å². The smallest absolute Gasteiger partial charge is 0.0540 e. The maximum atomic E-state index is 2.40. The summed E-state index contributed by atoms with van der Waals surface area (Å²) < 4.78 is 0. The van der Waals surface area contributed by atoms with Gasteiger partial charge in [0.25, 0.3) is 0 Å². The Kier molecular flexibility index (Phi) is 5.55. The van der Waals surface area contributed by atoms with Crippen LogP contribution in [0.3, 0.4) is 0 Å². The van der Waals surface area contributed by atoms with Crippen LogP contribution in [0.15, 0.2) is 152 Å². The predicted octanol–water partition coefficient (Wildman–Crippen LogP) is 11.4. The summed E-state index contributed by atoms with van der Waals surface area (Å²) in [5.41, 5.74) is 11.5. The minimum Gasteiger partial charge on any atom is -0.310 e. The van der Waals surface area contributed by atoms with Crippen LogP contribution in [-0.4, -0.2) is 0 Å². The van der Waals surface area contributed by atoms with Gasteiger partial charge in [-0.15, -0.1) is 0 Å². The van der Waals surface area contributed by atoms with Crippen molar-refractivity contribution in [1.29, 1.82) is 0 Å². The third-order valence-corrected chi connectivity index (χ3v) is 9.04. The second kappa shape index (κ2) is 9.46. The maximum absolute atomic E-state index is 2.40. The lowest BCUT2D eigenvalue weighted by Crippen LogP contribution is -2.14. The van der Waals surface area contributed by atoms with Gasteiger partial charge >= 0.3 is 0 Å². The van der Waals surface area contributed by atoms with Gasteiger partial charge in [0.15, 0.2) is 0 Å². The number of anilines is 3. The fraction of sp³-hybridized carbons (Fsp3) is 0.0732. The van der Waals surface area contributed by atoms with E-state index in [0.717, 1.165) is 11.4 Å². The van der Waals surface area contributed by atoms with E-state index >= 15 is 0 Å². The van der Waals surface area contributed by atoms with E-state index in [1.165, 1.54) is 60.6 Å². The van der Waals surface area contributed by atoms with Gasteiger partial charge in [-0.1, -0.05) is 135 Å². The molecule has 0 spiro atoms. The molecular formula is C41H31N. The average molecular weight is 538 g/mol. The topological polar surface area (TPSA) is 3.24 Å². The lowest BCUT2D eigenvalue weighted by molar-refractivity contribution is 0.660. The second-order valence-corrected chi connectivity index (χ2v) is 11.8. The molecule has 0 unspecified atom stereocenters. The first kappa shape index (κ1) is 24.6. The highest BCUT2D eigenvalue weighted by atomic mass is 15.1. The quantitative estimate of drug-likeness (QED) is 0.216. The Morgan fingerprint density at radius 3 is 1.93 bits per heavy atom. The minimum atomic E-state index is -0.0108. The summed E-state index contributed by atoms with van der Waals surface area (Å²) in [4.78, 5) is 2.40. The van der Waals surface area contributed by atoms with Crippen LogP contribution in [0.5, 0.6) is 0 Å². The van der Waals surface area contributed by atoms with Gasteiger partial charge in [-0.25, -0.2) is 0 Å². The maximum Gasteiger partial charge on any atom is 0.0540 e. The molecule has 8 rings (SSSR count). The van der Waals surface area contributed by atoms with Crippen molar-refractivity contribution in [2.45, 2.75) is 19.3 Å². The molecule has 0 saturated heterocycles. The van der Waals surface area contributed by atoms with Gasteiger partial charge in [0.05, 0.1) is 5.69 Å². The van der Waals surface area contributed by atoms with Crippen LogP contribution >= 0.6 is 0 Å². The Morgan fingerprint density at radius 1 is 0.452 bits per heavy atom. The molecule has 0 aromatic heterocycles. The molecule has 0 saturated carbocycles. The monoisotopic (exact) mass is 537 g/mol. The minimum absolute atomic E-state index is 0.0108. The molecule has 0 heterocycles. The summed E-state index contributed by atoms with van der Waals surface area (Å²) in [7, 11) is 0. The second-order valence-electron chi connectivity index (χ2n) is 11.8. The molecule has 1 aliphatic rings. The normalized spacial score (nSPS) is 13.2. The highest BCUT2D eigenvalue weighted by Crippen LogP contribution is 2.52. The van der Waals surface area contributed by atoms with Crippen LogP contribution in [0, 0.1) is 0 Å². The number of fused-ring (bicyclic) bond motifs is 5. The Bertz CT molecular complexity index is 2110. The Morgan fingerprint density at radius 2 is 1.07 bits per heavy atom. The highest BCUT2D eigenvalue weighted by molar-refractivity contribution is 6.00. The zero-order chi connectivity index (χ0) is 28.3. The van der Waals surface area contributed by atoms with Gasteiger partial charge in [0, 0.05) is 22.2 Å². The SMILES string of the molecule is CC1(C)c2ccccc2-c2c(-c3ccc(N(c4ccc5ccccc5c4)c4cccc5ccccc45)cc3)cccc21. The fourth-order valence-electron chi connectivity index (χ4n) is 6.93. The summed E-state index contributed by atoms with van der Waals surface area (Å²) >= 11 is 0. The zero-order valence-corrected chi connectivity index (χ0v) is 23.9. The molecule has 1 heteroatoms. The van der Waals surface area contributed by atoms with Crippen molar-refractivity contribution in [2.75, 3.05) is 4.90 Å². The molecular weight excluding hydrogens is 506 g/mol. The fourth-order valence-corrected chi connectivity index (χ4v) is 6.93. The van der Waals surface area contributed by atoms with E-state index in [4.69, 9.17) is 0 Å².